The van der Waals surface area contributed by atoms with Crippen molar-refractivity contribution < 1.29 is 0 Å². The standard InChI is InChI=1S/C14H10Cl2N4S2/c15-11-5-1-3-9(13(11)16)8-17-20-12(18-19-14(20)21)7-10-4-2-6-22-10/h1-6,8H,7H2,(H,19,21)/b17-8-. The second-order valence-corrected chi connectivity index (χ2v) is 6.60. The Morgan fingerprint density at radius 1 is 1.32 bits per heavy atom. The van der Waals surface area contributed by atoms with Crippen LogP contribution in [0.15, 0.2) is 40.8 Å². The summed E-state index contributed by atoms with van der Waals surface area (Å²) in [5.41, 5.74) is 0.722. The molecule has 0 saturated carbocycles. The number of hydrogen-bond donors (Lipinski definition) is 1. The first-order chi connectivity index (χ1) is 10.6. The van der Waals surface area contributed by atoms with E-state index in [-0.39, 0.29) is 0 Å². The molecule has 0 unspecified atom stereocenters. The average Bonchev–Trinajstić information content (AvgIpc) is 3.12. The quantitative estimate of drug-likeness (QED) is 0.531. The Bertz CT molecular complexity index is 865. The molecule has 0 aliphatic rings. The van der Waals surface area contributed by atoms with Crippen LogP contribution in [0.4, 0.5) is 0 Å². The van der Waals surface area contributed by atoms with Gasteiger partial charge in [-0.3, -0.25) is 5.10 Å². The maximum atomic E-state index is 6.15. The molecule has 0 bridgehead atoms. The van der Waals surface area contributed by atoms with Gasteiger partial charge in [-0.15, -0.1) is 11.3 Å². The number of benzene rings is 1. The van der Waals surface area contributed by atoms with Gasteiger partial charge in [0.25, 0.3) is 0 Å². The fraction of sp³-hybridized carbons (Fsp3) is 0.0714. The summed E-state index contributed by atoms with van der Waals surface area (Å²) >= 11 is 19.0. The molecule has 2 aromatic heterocycles. The van der Waals surface area contributed by atoms with Gasteiger partial charge in [0.05, 0.1) is 16.3 Å². The van der Waals surface area contributed by atoms with Gasteiger partial charge < -0.3 is 0 Å². The lowest BCUT2D eigenvalue weighted by Gasteiger charge is -2.01. The van der Waals surface area contributed by atoms with Gasteiger partial charge in [-0.05, 0) is 29.7 Å². The van der Waals surface area contributed by atoms with E-state index in [1.165, 1.54) is 4.88 Å². The van der Waals surface area contributed by atoms with Gasteiger partial charge in [0, 0.05) is 16.9 Å². The monoisotopic (exact) mass is 368 g/mol. The molecule has 0 amide bonds. The zero-order valence-electron chi connectivity index (χ0n) is 11.2. The highest BCUT2D eigenvalue weighted by Gasteiger charge is 2.07. The smallest absolute Gasteiger partial charge is 0.216 e. The van der Waals surface area contributed by atoms with Gasteiger partial charge in [-0.25, -0.2) is 0 Å². The number of nitrogens with zero attached hydrogens (tertiary/aromatic N) is 3. The summed E-state index contributed by atoms with van der Waals surface area (Å²) in [5.74, 6) is 0.738. The molecule has 0 aliphatic carbocycles. The number of rotatable bonds is 4. The number of nitrogens with one attached hydrogen (secondary N) is 1. The molecule has 0 saturated heterocycles. The van der Waals surface area contributed by atoms with Crippen LogP contribution in [0.25, 0.3) is 0 Å². The Hall–Kier alpha value is -1.47. The highest BCUT2D eigenvalue weighted by Crippen LogP contribution is 2.24. The van der Waals surface area contributed by atoms with Crippen LogP contribution in [0.1, 0.15) is 16.3 Å². The summed E-state index contributed by atoms with van der Waals surface area (Å²) in [6, 6.07) is 9.43. The van der Waals surface area contributed by atoms with E-state index >= 15 is 0 Å². The fourth-order valence-corrected chi connectivity index (χ4v) is 3.12. The molecule has 0 fully saturated rings. The second kappa shape index (κ2) is 6.75. The number of hydrogen-bond acceptors (Lipinski definition) is 4. The zero-order valence-corrected chi connectivity index (χ0v) is 14.3. The largest absolute Gasteiger partial charge is 0.250 e. The van der Waals surface area contributed by atoms with E-state index in [0.717, 1.165) is 11.4 Å². The zero-order chi connectivity index (χ0) is 15.5. The molecule has 112 valence electrons. The van der Waals surface area contributed by atoms with Crippen LogP contribution in [0, 0.1) is 4.77 Å². The molecule has 22 heavy (non-hydrogen) atoms. The molecule has 3 aromatic rings. The fourth-order valence-electron chi connectivity index (χ4n) is 1.87. The van der Waals surface area contributed by atoms with Gasteiger partial charge in [0.15, 0.2) is 5.82 Å². The van der Waals surface area contributed by atoms with Crippen molar-refractivity contribution >= 4 is 53.0 Å². The van der Waals surface area contributed by atoms with Crippen LogP contribution in [-0.2, 0) is 6.42 Å². The first-order valence-electron chi connectivity index (χ1n) is 6.32. The first-order valence-corrected chi connectivity index (χ1v) is 8.36. The third-order valence-electron chi connectivity index (χ3n) is 2.92. The summed E-state index contributed by atoms with van der Waals surface area (Å²) in [7, 11) is 0. The lowest BCUT2D eigenvalue weighted by molar-refractivity contribution is 0.795. The van der Waals surface area contributed by atoms with E-state index < -0.39 is 0 Å². The maximum Gasteiger partial charge on any atom is 0.216 e. The summed E-state index contributed by atoms with van der Waals surface area (Å²) in [6.07, 6.45) is 2.28. The molecule has 0 spiro atoms. The van der Waals surface area contributed by atoms with Gasteiger partial charge in [0.2, 0.25) is 4.77 Å². The van der Waals surface area contributed by atoms with Crippen molar-refractivity contribution in [2.45, 2.75) is 6.42 Å². The van der Waals surface area contributed by atoms with Crippen LogP contribution in [0.2, 0.25) is 10.0 Å². The molecule has 0 atom stereocenters. The summed E-state index contributed by atoms with van der Waals surface area (Å²) < 4.78 is 2.02. The van der Waals surface area contributed by atoms with Gasteiger partial charge in [0.1, 0.15) is 0 Å². The molecule has 0 aliphatic heterocycles. The van der Waals surface area contributed by atoms with Crippen LogP contribution >= 0.6 is 46.8 Å². The van der Waals surface area contributed by atoms with E-state index in [4.69, 9.17) is 35.4 Å². The highest BCUT2D eigenvalue weighted by molar-refractivity contribution is 7.71. The Kier molecular flexibility index (Phi) is 4.73. The number of halogens is 2. The Morgan fingerprint density at radius 3 is 2.95 bits per heavy atom. The van der Waals surface area contributed by atoms with Gasteiger partial charge >= 0.3 is 0 Å². The minimum Gasteiger partial charge on any atom is -0.250 e. The molecule has 1 N–H and O–H groups in total. The number of aromatic nitrogens is 3. The molecule has 0 radical (unpaired) electrons. The molecule has 8 heteroatoms. The topological polar surface area (TPSA) is 46.0 Å². The van der Waals surface area contributed by atoms with E-state index in [1.54, 1.807) is 28.3 Å². The van der Waals surface area contributed by atoms with Crippen molar-refractivity contribution in [2.24, 2.45) is 5.10 Å². The molecule has 1 aromatic carbocycles. The van der Waals surface area contributed by atoms with Crippen molar-refractivity contribution in [3.8, 4) is 0 Å². The Balaban J connectivity index is 1.92. The number of H-pyrrole nitrogens is 1. The summed E-state index contributed by atoms with van der Waals surface area (Å²) in [4.78, 5) is 1.19. The van der Waals surface area contributed by atoms with E-state index in [9.17, 15) is 0 Å². The predicted octanol–water partition coefficient (Wildman–Crippen LogP) is 4.78. The van der Waals surface area contributed by atoms with E-state index in [0.29, 0.717) is 21.2 Å². The van der Waals surface area contributed by atoms with Crippen LogP contribution < -0.4 is 0 Å². The lowest BCUT2D eigenvalue weighted by atomic mass is 10.2. The van der Waals surface area contributed by atoms with Gasteiger partial charge in [-0.2, -0.15) is 14.9 Å². The van der Waals surface area contributed by atoms with Crippen molar-refractivity contribution in [3.05, 3.63) is 66.8 Å². The number of aromatic amines is 1. The minimum absolute atomic E-state index is 0.431. The molecule has 3 rings (SSSR count). The summed E-state index contributed by atoms with van der Waals surface area (Å²) in [6.45, 7) is 0. The van der Waals surface area contributed by atoms with Crippen molar-refractivity contribution in [1.82, 2.24) is 14.9 Å². The van der Waals surface area contributed by atoms with E-state index in [2.05, 4.69) is 15.3 Å². The third-order valence-corrected chi connectivity index (χ3v) is 4.90. The van der Waals surface area contributed by atoms with Gasteiger partial charge in [-0.1, -0.05) is 41.4 Å². The van der Waals surface area contributed by atoms with Crippen molar-refractivity contribution in [1.29, 1.82) is 0 Å². The normalized spacial score (nSPS) is 11.4. The number of thiophene rings is 1. The third kappa shape index (κ3) is 3.30. The molecular formula is C14H10Cl2N4S2. The molecule has 4 nitrogen and oxygen atoms in total. The predicted molar refractivity (Wildman–Crippen MR) is 94.0 cm³/mol. The van der Waals surface area contributed by atoms with Crippen molar-refractivity contribution in [2.75, 3.05) is 0 Å². The molecular weight excluding hydrogens is 359 g/mol. The average molecular weight is 369 g/mol. The van der Waals surface area contributed by atoms with E-state index in [1.807, 2.05) is 29.6 Å². The van der Waals surface area contributed by atoms with Crippen LogP contribution in [-0.4, -0.2) is 21.1 Å². The minimum atomic E-state index is 0.431. The SMILES string of the molecule is S=c1[nH]nc(Cc2cccs2)n1/N=C\c1cccc(Cl)c1Cl. The Labute approximate surface area is 146 Å². The molecule has 2 heterocycles. The first kappa shape index (κ1) is 15.4. The van der Waals surface area contributed by atoms with Crippen LogP contribution in [0.5, 0.6) is 0 Å². The van der Waals surface area contributed by atoms with Crippen molar-refractivity contribution in [3.63, 3.8) is 0 Å². The van der Waals surface area contributed by atoms with Crippen LogP contribution in [0.3, 0.4) is 0 Å². The maximum absolute atomic E-state index is 6.15. The second-order valence-electron chi connectivity index (χ2n) is 4.40. The summed E-state index contributed by atoms with van der Waals surface area (Å²) in [5, 5.41) is 14.3. The lowest BCUT2D eigenvalue weighted by Crippen LogP contribution is -1.99. The highest BCUT2D eigenvalue weighted by atomic mass is 35.5. The Morgan fingerprint density at radius 2 is 2.18 bits per heavy atom.